The first-order valence-electron chi connectivity index (χ1n) is 7.21. The van der Waals surface area contributed by atoms with Crippen molar-refractivity contribution in [3.05, 3.63) is 36.0 Å². The van der Waals surface area contributed by atoms with Crippen LogP contribution in [0.5, 0.6) is 0 Å². The number of unbranched alkanes of at least 4 members (excludes halogenated alkanes) is 1. The van der Waals surface area contributed by atoms with Crippen LogP contribution in [0.25, 0.3) is 10.9 Å². The molecule has 0 amide bonds. The number of nitrogens with zero attached hydrogens (tertiary/aromatic N) is 1. The van der Waals surface area contributed by atoms with Gasteiger partial charge in [0.15, 0.2) is 0 Å². The number of aryl methyl sites for hydroxylation is 1. The van der Waals surface area contributed by atoms with Gasteiger partial charge < -0.3 is 15.2 Å². The Labute approximate surface area is 116 Å². The monoisotopic (exact) mass is 259 g/mol. The lowest BCUT2D eigenvalue weighted by atomic mass is 10.1. The van der Waals surface area contributed by atoms with Crippen molar-refractivity contribution in [1.82, 2.24) is 15.2 Å². The van der Waals surface area contributed by atoms with Crippen LogP contribution in [0.4, 0.5) is 0 Å². The number of para-hydroxylation sites is 1. The minimum absolute atomic E-state index is 1.06. The van der Waals surface area contributed by atoms with Gasteiger partial charge in [0, 0.05) is 24.1 Å². The van der Waals surface area contributed by atoms with Crippen molar-refractivity contribution >= 4 is 10.9 Å². The summed E-state index contributed by atoms with van der Waals surface area (Å²) in [5, 5.41) is 8.10. The number of aromatic nitrogens is 1. The van der Waals surface area contributed by atoms with Crippen LogP contribution in [0.15, 0.2) is 30.5 Å². The quantitative estimate of drug-likeness (QED) is 0.712. The Kier molecular flexibility index (Phi) is 5.43. The molecule has 0 saturated carbocycles. The van der Waals surface area contributed by atoms with Crippen molar-refractivity contribution in [3.63, 3.8) is 0 Å². The molecule has 19 heavy (non-hydrogen) atoms. The average Bonchev–Trinajstić information content (AvgIpc) is 2.75. The molecule has 0 aliphatic heterocycles. The van der Waals surface area contributed by atoms with Crippen molar-refractivity contribution in [2.75, 3.05) is 26.7 Å². The van der Waals surface area contributed by atoms with E-state index in [2.05, 4.69) is 52.7 Å². The summed E-state index contributed by atoms with van der Waals surface area (Å²) in [7, 11) is 4.13. The van der Waals surface area contributed by atoms with E-state index in [1.165, 1.54) is 29.3 Å². The van der Waals surface area contributed by atoms with Gasteiger partial charge in [-0.05, 0) is 57.6 Å². The Bertz CT molecular complexity index is 502. The van der Waals surface area contributed by atoms with Crippen molar-refractivity contribution in [2.45, 2.75) is 19.3 Å². The zero-order valence-electron chi connectivity index (χ0n) is 12.1. The largest absolute Gasteiger partial charge is 0.350 e. The second-order valence-electron chi connectivity index (χ2n) is 5.09. The van der Waals surface area contributed by atoms with Gasteiger partial charge in [0.05, 0.1) is 0 Å². The Morgan fingerprint density at radius 2 is 1.84 bits per heavy atom. The van der Waals surface area contributed by atoms with Gasteiger partial charge >= 0.3 is 0 Å². The summed E-state index contributed by atoms with van der Waals surface area (Å²) in [6.07, 6.45) is 5.86. The van der Waals surface area contributed by atoms with Gasteiger partial charge in [0.25, 0.3) is 0 Å². The molecular formula is C16H25N3. The molecule has 1 aromatic heterocycles. The summed E-state index contributed by atoms with van der Waals surface area (Å²) in [5.41, 5.74) is 2.77. The van der Waals surface area contributed by atoms with E-state index in [0.717, 1.165) is 26.1 Å². The lowest BCUT2D eigenvalue weighted by molar-refractivity contribution is 0.606. The number of rotatable bonds is 8. The van der Waals surface area contributed by atoms with Crippen LogP contribution in [0, 0.1) is 0 Å². The van der Waals surface area contributed by atoms with Crippen LogP contribution >= 0.6 is 0 Å². The maximum Gasteiger partial charge on any atom is 0.0480 e. The van der Waals surface area contributed by atoms with Crippen LogP contribution in [0.2, 0.25) is 0 Å². The van der Waals surface area contributed by atoms with Gasteiger partial charge in [0.1, 0.15) is 0 Å². The highest BCUT2D eigenvalue weighted by molar-refractivity contribution is 5.83. The lowest BCUT2D eigenvalue weighted by Crippen LogP contribution is -2.19. The number of nitrogens with one attached hydrogen (secondary N) is 2. The molecule has 3 heteroatoms. The van der Waals surface area contributed by atoms with E-state index in [1.807, 2.05) is 7.05 Å². The highest BCUT2D eigenvalue weighted by Crippen LogP contribution is 2.20. The third-order valence-corrected chi connectivity index (χ3v) is 3.58. The van der Waals surface area contributed by atoms with Gasteiger partial charge in [-0.3, -0.25) is 0 Å². The summed E-state index contributed by atoms with van der Waals surface area (Å²) in [5.74, 6) is 0. The van der Waals surface area contributed by atoms with Gasteiger partial charge in [-0.15, -0.1) is 0 Å². The summed E-state index contributed by atoms with van der Waals surface area (Å²) in [6, 6.07) is 8.63. The molecule has 0 radical (unpaired) electrons. The average molecular weight is 259 g/mol. The molecule has 1 aromatic carbocycles. The fourth-order valence-corrected chi connectivity index (χ4v) is 2.52. The molecule has 0 unspecified atom stereocenters. The van der Waals surface area contributed by atoms with E-state index in [4.69, 9.17) is 0 Å². The lowest BCUT2D eigenvalue weighted by Gasteiger charge is -2.04. The molecule has 104 valence electrons. The van der Waals surface area contributed by atoms with Gasteiger partial charge in [-0.1, -0.05) is 18.2 Å². The molecule has 0 fully saturated rings. The number of fused-ring (bicyclic) bond motifs is 1. The summed E-state index contributed by atoms with van der Waals surface area (Å²) < 4.78 is 2.22. The van der Waals surface area contributed by atoms with Crippen LogP contribution in [-0.4, -0.2) is 31.2 Å². The van der Waals surface area contributed by atoms with E-state index >= 15 is 0 Å². The SMILES string of the molecule is CNCCCCNCCc1cn(C)c2ccccc12. The molecule has 2 N–H and O–H groups in total. The molecule has 2 aromatic rings. The molecule has 0 spiro atoms. The second-order valence-corrected chi connectivity index (χ2v) is 5.09. The van der Waals surface area contributed by atoms with Gasteiger partial charge in [0.2, 0.25) is 0 Å². The first-order valence-corrected chi connectivity index (χ1v) is 7.21. The highest BCUT2D eigenvalue weighted by Gasteiger charge is 2.04. The number of hydrogen-bond donors (Lipinski definition) is 2. The standard InChI is InChI=1S/C16H25N3/c1-17-10-5-6-11-18-12-9-14-13-19(2)16-8-4-3-7-15(14)16/h3-4,7-8,13,17-18H,5-6,9-12H2,1-2H3. The molecule has 0 atom stereocenters. The van der Waals surface area contributed by atoms with E-state index in [0.29, 0.717) is 0 Å². The molecular weight excluding hydrogens is 234 g/mol. The first kappa shape index (κ1) is 14.1. The van der Waals surface area contributed by atoms with E-state index in [-0.39, 0.29) is 0 Å². The zero-order valence-corrected chi connectivity index (χ0v) is 12.1. The van der Waals surface area contributed by atoms with E-state index < -0.39 is 0 Å². The third-order valence-electron chi connectivity index (χ3n) is 3.58. The van der Waals surface area contributed by atoms with Crippen LogP contribution in [-0.2, 0) is 13.5 Å². The van der Waals surface area contributed by atoms with Crippen LogP contribution in [0.3, 0.4) is 0 Å². The number of benzene rings is 1. The predicted molar refractivity (Wildman–Crippen MR) is 82.7 cm³/mol. The normalized spacial score (nSPS) is 11.3. The fourth-order valence-electron chi connectivity index (χ4n) is 2.52. The van der Waals surface area contributed by atoms with Crippen LogP contribution < -0.4 is 10.6 Å². The molecule has 2 rings (SSSR count). The first-order chi connectivity index (χ1) is 9.33. The third kappa shape index (κ3) is 3.82. The summed E-state index contributed by atoms with van der Waals surface area (Å²) >= 11 is 0. The Balaban J connectivity index is 1.79. The molecule has 0 saturated heterocycles. The minimum Gasteiger partial charge on any atom is -0.350 e. The molecule has 3 nitrogen and oxygen atoms in total. The maximum atomic E-state index is 3.53. The smallest absolute Gasteiger partial charge is 0.0480 e. The summed E-state index contributed by atoms with van der Waals surface area (Å²) in [6.45, 7) is 3.30. The van der Waals surface area contributed by atoms with Crippen molar-refractivity contribution in [2.24, 2.45) is 7.05 Å². The number of hydrogen-bond acceptors (Lipinski definition) is 2. The Morgan fingerprint density at radius 1 is 1.05 bits per heavy atom. The topological polar surface area (TPSA) is 29.0 Å². The maximum absolute atomic E-state index is 3.53. The molecule has 0 bridgehead atoms. The van der Waals surface area contributed by atoms with Crippen molar-refractivity contribution in [1.29, 1.82) is 0 Å². The molecule has 0 aliphatic carbocycles. The van der Waals surface area contributed by atoms with Gasteiger partial charge in [-0.25, -0.2) is 0 Å². The summed E-state index contributed by atoms with van der Waals surface area (Å²) in [4.78, 5) is 0. The Morgan fingerprint density at radius 3 is 2.68 bits per heavy atom. The fraction of sp³-hybridized carbons (Fsp3) is 0.500. The zero-order chi connectivity index (χ0) is 13.5. The van der Waals surface area contributed by atoms with Crippen molar-refractivity contribution in [3.8, 4) is 0 Å². The van der Waals surface area contributed by atoms with Crippen molar-refractivity contribution < 1.29 is 0 Å². The highest BCUT2D eigenvalue weighted by atomic mass is 14.9. The van der Waals surface area contributed by atoms with E-state index in [9.17, 15) is 0 Å². The van der Waals surface area contributed by atoms with Gasteiger partial charge in [-0.2, -0.15) is 0 Å². The molecule has 0 aliphatic rings. The second kappa shape index (κ2) is 7.31. The Hall–Kier alpha value is -1.32. The predicted octanol–water partition coefficient (Wildman–Crippen LogP) is 2.31. The van der Waals surface area contributed by atoms with E-state index in [1.54, 1.807) is 0 Å². The van der Waals surface area contributed by atoms with Crippen LogP contribution in [0.1, 0.15) is 18.4 Å². The molecule has 1 heterocycles. The minimum atomic E-state index is 1.06.